The molecule has 19 heavy (non-hydrogen) atoms. The van der Waals surface area contributed by atoms with E-state index in [0.29, 0.717) is 18.1 Å². The number of nitrogens with zero attached hydrogens (tertiary/aromatic N) is 3. The maximum Gasteiger partial charge on any atom is 0.358 e. The van der Waals surface area contributed by atoms with E-state index in [1.165, 1.54) is 10.9 Å². The van der Waals surface area contributed by atoms with Gasteiger partial charge < -0.3 is 10.4 Å². The van der Waals surface area contributed by atoms with E-state index in [-0.39, 0.29) is 5.69 Å². The zero-order chi connectivity index (χ0) is 13.8. The standard InChI is InChI=1S/C11H10BrClN4O2/c12-8-2-1-7(5-9(8)13)14-3-4-17-6-10(11(18)19)15-16-17/h1-2,5-6,14H,3-4H2,(H,18,19). The Kier molecular flexibility index (Phi) is 4.39. The highest BCUT2D eigenvalue weighted by atomic mass is 79.9. The normalized spacial score (nSPS) is 10.4. The molecular weight excluding hydrogens is 336 g/mol. The molecule has 0 atom stereocenters. The van der Waals surface area contributed by atoms with Crippen LogP contribution in [-0.4, -0.2) is 32.6 Å². The van der Waals surface area contributed by atoms with E-state index in [1.54, 1.807) is 6.07 Å². The summed E-state index contributed by atoms with van der Waals surface area (Å²) < 4.78 is 2.30. The summed E-state index contributed by atoms with van der Waals surface area (Å²) in [6.07, 6.45) is 1.39. The molecule has 0 aliphatic heterocycles. The Morgan fingerprint density at radius 2 is 2.32 bits per heavy atom. The average Bonchev–Trinajstić information content (AvgIpc) is 2.83. The van der Waals surface area contributed by atoms with E-state index in [4.69, 9.17) is 16.7 Å². The predicted octanol–water partition coefficient (Wildman–Crippen LogP) is 2.50. The first kappa shape index (κ1) is 13.8. The summed E-state index contributed by atoms with van der Waals surface area (Å²) in [7, 11) is 0. The summed E-state index contributed by atoms with van der Waals surface area (Å²) in [6, 6.07) is 5.54. The quantitative estimate of drug-likeness (QED) is 0.870. The molecule has 2 rings (SSSR count). The molecule has 0 spiro atoms. The van der Waals surface area contributed by atoms with Crippen molar-refractivity contribution in [1.29, 1.82) is 0 Å². The van der Waals surface area contributed by atoms with Crippen molar-refractivity contribution < 1.29 is 9.90 Å². The van der Waals surface area contributed by atoms with E-state index in [0.717, 1.165) is 10.2 Å². The van der Waals surface area contributed by atoms with Gasteiger partial charge in [0.2, 0.25) is 0 Å². The summed E-state index contributed by atoms with van der Waals surface area (Å²) in [5, 5.41) is 19.7. The Balaban J connectivity index is 1.88. The second-order valence-corrected chi connectivity index (χ2v) is 4.99. The molecular formula is C11H10BrClN4O2. The van der Waals surface area contributed by atoms with Crippen molar-refractivity contribution in [2.24, 2.45) is 0 Å². The number of anilines is 1. The average molecular weight is 346 g/mol. The molecule has 2 aromatic rings. The number of hydrogen-bond donors (Lipinski definition) is 2. The molecule has 6 nitrogen and oxygen atoms in total. The Morgan fingerprint density at radius 3 is 2.95 bits per heavy atom. The fourth-order valence-corrected chi connectivity index (χ4v) is 1.85. The van der Waals surface area contributed by atoms with Crippen molar-refractivity contribution in [3.05, 3.63) is 39.6 Å². The van der Waals surface area contributed by atoms with Crippen molar-refractivity contribution in [3.63, 3.8) is 0 Å². The van der Waals surface area contributed by atoms with Crippen LogP contribution < -0.4 is 5.32 Å². The Labute approximate surface area is 122 Å². The molecule has 100 valence electrons. The third-order valence-electron chi connectivity index (χ3n) is 2.35. The van der Waals surface area contributed by atoms with Gasteiger partial charge in [0.25, 0.3) is 0 Å². The monoisotopic (exact) mass is 344 g/mol. The van der Waals surface area contributed by atoms with Gasteiger partial charge in [-0.1, -0.05) is 16.8 Å². The minimum absolute atomic E-state index is 0.0633. The minimum atomic E-state index is -1.08. The topological polar surface area (TPSA) is 80.0 Å². The van der Waals surface area contributed by atoms with Crippen molar-refractivity contribution in [2.75, 3.05) is 11.9 Å². The highest BCUT2D eigenvalue weighted by Gasteiger charge is 2.07. The number of rotatable bonds is 5. The zero-order valence-corrected chi connectivity index (χ0v) is 12.0. The minimum Gasteiger partial charge on any atom is -0.476 e. The van der Waals surface area contributed by atoms with Gasteiger partial charge in [0, 0.05) is 16.7 Å². The lowest BCUT2D eigenvalue weighted by Crippen LogP contribution is -2.11. The highest BCUT2D eigenvalue weighted by molar-refractivity contribution is 9.10. The molecule has 0 unspecified atom stereocenters. The number of nitrogens with one attached hydrogen (secondary N) is 1. The fraction of sp³-hybridized carbons (Fsp3) is 0.182. The van der Waals surface area contributed by atoms with Gasteiger partial charge in [0.15, 0.2) is 5.69 Å². The number of carboxylic acid groups (broad SMARTS) is 1. The van der Waals surface area contributed by atoms with E-state index in [1.807, 2.05) is 12.1 Å². The molecule has 0 saturated carbocycles. The van der Waals surface area contributed by atoms with Crippen LogP contribution >= 0.6 is 27.5 Å². The van der Waals surface area contributed by atoms with Crippen LogP contribution in [0.3, 0.4) is 0 Å². The maximum atomic E-state index is 10.6. The molecule has 0 saturated heterocycles. The van der Waals surface area contributed by atoms with Gasteiger partial charge in [-0.2, -0.15) is 0 Å². The van der Waals surface area contributed by atoms with Gasteiger partial charge in [0.1, 0.15) is 0 Å². The molecule has 0 radical (unpaired) electrons. The first-order chi connectivity index (χ1) is 9.06. The molecule has 0 amide bonds. The van der Waals surface area contributed by atoms with Crippen LogP contribution in [0, 0.1) is 0 Å². The van der Waals surface area contributed by atoms with E-state index < -0.39 is 5.97 Å². The van der Waals surface area contributed by atoms with Gasteiger partial charge in [-0.3, -0.25) is 0 Å². The Morgan fingerprint density at radius 1 is 1.53 bits per heavy atom. The SMILES string of the molecule is O=C(O)c1cn(CCNc2ccc(Br)c(Cl)c2)nn1. The van der Waals surface area contributed by atoms with Crippen LogP contribution in [0.15, 0.2) is 28.9 Å². The molecule has 1 aromatic carbocycles. The molecule has 1 heterocycles. The molecule has 0 aliphatic carbocycles. The second kappa shape index (κ2) is 6.03. The van der Waals surface area contributed by atoms with Crippen molar-refractivity contribution in [1.82, 2.24) is 15.0 Å². The highest BCUT2D eigenvalue weighted by Crippen LogP contribution is 2.25. The van der Waals surface area contributed by atoms with Crippen LogP contribution in [0.5, 0.6) is 0 Å². The number of halogens is 2. The molecule has 0 fully saturated rings. The maximum absolute atomic E-state index is 10.6. The van der Waals surface area contributed by atoms with Crippen LogP contribution in [0.25, 0.3) is 0 Å². The number of carboxylic acids is 1. The van der Waals surface area contributed by atoms with Crippen molar-refractivity contribution >= 4 is 39.2 Å². The van der Waals surface area contributed by atoms with Crippen LogP contribution in [0.2, 0.25) is 5.02 Å². The predicted molar refractivity (Wildman–Crippen MR) is 74.6 cm³/mol. The summed E-state index contributed by atoms with van der Waals surface area (Å²) in [6.45, 7) is 1.09. The third-order valence-corrected chi connectivity index (χ3v) is 3.58. The number of benzene rings is 1. The Bertz CT molecular complexity index is 602. The lowest BCUT2D eigenvalue weighted by Gasteiger charge is -2.07. The van der Waals surface area contributed by atoms with E-state index in [9.17, 15) is 4.79 Å². The number of hydrogen-bond acceptors (Lipinski definition) is 4. The molecule has 2 N–H and O–H groups in total. The largest absolute Gasteiger partial charge is 0.476 e. The van der Waals surface area contributed by atoms with Gasteiger partial charge in [-0.25, -0.2) is 9.48 Å². The van der Waals surface area contributed by atoms with Crippen LogP contribution in [-0.2, 0) is 6.54 Å². The number of aromatic carboxylic acids is 1. The lowest BCUT2D eigenvalue weighted by atomic mass is 10.3. The molecule has 8 heteroatoms. The third kappa shape index (κ3) is 3.68. The summed E-state index contributed by atoms with van der Waals surface area (Å²) in [5.41, 5.74) is 0.818. The second-order valence-electron chi connectivity index (χ2n) is 3.73. The molecule has 0 bridgehead atoms. The zero-order valence-electron chi connectivity index (χ0n) is 9.68. The summed E-state index contributed by atoms with van der Waals surface area (Å²) in [5.74, 6) is -1.08. The van der Waals surface area contributed by atoms with Crippen LogP contribution in [0.1, 0.15) is 10.5 Å². The smallest absolute Gasteiger partial charge is 0.358 e. The fourth-order valence-electron chi connectivity index (χ4n) is 1.43. The lowest BCUT2D eigenvalue weighted by molar-refractivity contribution is 0.0690. The molecule has 0 aliphatic rings. The number of aromatic nitrogens is 3. The van der Waals surface area contributed by atoms with E-state index >= 15 is 0 Å². The van der Waals surface area contributed by atoms with Gasteiger partial charge in [-0.15, -0.1) is 5.10 Å². The Hall–Kier alpha value is -1.60. The number of carbonyl (C=O) groups is 1. The van der Waals surface area contributed by atoms with E-state index in [2.05, 4.69) is 31.6 Å². The van der Waals surface area contributed by atoms with Crippen LogP contribution in [0.4, 0.5) is 5.69 Å². The van der Waals surface area contributed by atoms with Gasteiger partial charge >= 0.3 is 5.97 Å². The van der Waals surface area contributed by atoms with Gasteiger partial charge in [-0.05, 0) is 34.1 Å². The van der Waals surface area contributed by atoms with Crippen molar-refractivity contribution in [2.45, 2.75) is 6.54 Å². The molecule has 1 aromatic heterocycles. The summed E-state index contributed by atoms with van der Waals surface area (Å²) in [4.78, 5) is 10.6. The first-order valence-corrected chi connectivity index (χ1v) is 6.55. The first-order valence-electron chi connectivity index (χ1n) is 5.38. The van der Waals surface area contributed by atoms with Crippen molar-refractivity contribution in [3.8, 4) is 0 Å². The summed E-state index contributed by atoms with van der Waals surface area (Å²) >= 11 is 9.28. The van der Waals surface area contributed by atoms with Gasteiger partial charge in [0.05, 0.1) is 17.8 Å².